The van der Waals surface area contributed by atoms with Crippen molar-refractivity contribution in [3.05, 3.63) is 0 Å². The van der Waals surface area contributed by atoms with Gasteiger partial charge in [-0.2, -0.15) is 0 Å². The van der Waals surface area contributed by atoms with Gasteiger partial charge < -0.3 is 29.5 Å². The fourth-order valence-electron chi connectivity index (χ4n) is 3.91. The summed E-state index contributed by atoms with van der Waals surface area (Å²) in [5.41, 5.74) is -0.504. The summed E-state index contributed by atoms with van der Waals surface area (Å²) >= 11 is 0. The third kappa shape index (κ3) is 8.20. The topological polar surface area (TPSA) is 86.7 Å². The Kier molecular flexibility index (Phi) is 9.87. The summed E-state index contributed by atoms with van der Waals surface area (Å²) in [5, 5.41) is 3.37. The van der Waals surface area contributed by atoms with Crippen LogP contribution in [0.25, 0.3) is 0 Å². The number of carbonyl (C=O) groups is 2. The van der Waals surface area contributed by atoms with Gasteiger partial charge in [-0.25, -0.2) is 4.79 Å². The van der Waals surface area contributed by atoms with Gasteiger partial charge in [0.1, 0.15) is 5.60 Å². The molecule has 31 heavy (non-hydrogen) atoms. The molecule has 2 saturated heterocycles. The Bertz CT molecular complexity index is 606. The molecule has 0 atom stereocenters. The molecule has 0 radical (unpaired) electrons. The number of nitrogens with zero attached hydrogens (tertiary/aromatic N) is 4. The van der Waals surface area contributed by atoms with Gasteiger partial charge in [0.25, 0.3) is 0 Å². The molecule has 0 aliphatic carbocycles. The maximum atomic E-state index is 12.7. The molecule has 0 aromatic rings. The van der Waals surface area contributed by atoms with Crippen molar-refractivity contribution in [2.75, 3.05) is 66.1 Å². The number of amides is 2. The molecule has 0 aromatic carbocycles. The van der Waals surface area contributed by atoms with Crippen molar-refractivity contribution in [3.8, 4) is 0 Å². The van der Waals surface area contributed by atoms with E-state index in [1.165, 1.54) is 0 Å². The number of morpholine rings is 1. The Labute approximate surface area is 187 Å². The lowest BCUT2D eigenvalue weighted by Crippen LogP contribution is -2.51. The van der Waals surface area contributed by atoms with Gasteiger partial charge in [0.2, 0.25) is 5.91 Å². The Balaban J connectivity index is 1.78. The lowest BCUT2D eigenvalue weighted by atomic mass is 9.95. The summed E-state index contributed by atoms with van der Waals surface area (Å²) in [6.45, 7) is 13.8. The quantitative estimate of drug-likeness (QED) is 0.502. The van der Waals surface area contributed by atoms with Crippen molar-refractivity contribution in [1.29, 1.82) is 0 Å². The molecule has 2 aliphatic heterocycles. The zero-order valence-electron chi connectivity index (χ0n) is 20.0. The van der Waals surface area contributed by atoms with E-state index in [1.54, 1.807) is 11.9 Å². The van der Waals surface area contributed by atoms with Crippen LogP contribution in [0.3, 0.4) is 0 Å². The predicted octanol–water partition coefficient (Wildman–Crippen LogP) is 1.78. The van der Waals surface area contributed by atoms with E-state index < -0.39 is 5.60 Å². The standard InChI is InChI=1S/C22H41N5O4/c1-6-10-27(21(29)31-22(2,3)4)13-9-24-20(23-5)26-11-7-18(8-12-26)19(28)25-14-16-30-17-15-25/h18H,6-17H2,1-5H3,(H,23,24). The smallest absolute Gasteiger partial charge is 0.410 e. The Morgan fingerprint density at radius 1 is 1.10 bits per heavy atom. The van der Waals surface area contributed by atoms with E-state index in [9.17, 15) is 9.59 Å². The summed E-state index contributed by atoms with van der Waals surface area (Å²) in [5.74, 6) is 1.16. The molecule has 0 saturated carbocycles. The Morgan fingerprint density at radius 3 is 2.29 bits per heavy atom. The summed E-state index contributed by atoms with van der Waals surface area (Å²) in [7, 11) is 1.77. The fourth-order valence-corrected chi connectivity index (χ4v) is 3.91. The SMILES string of the molecule is CCCN(CCNC(=NC)N1CCC(C(=O)N2CCOCC2)CC1)C(=O)OC(C)(C)C. The van der Waals surface area contributed by atoms with Crippen molar-refractivity contribution in [2.24, 2.45) is 10.9 Å². The van der Waals surface area contributed by atoms with Gasteiger partial charge >= 0.3 is 6.09 Å². The van der Waals surface area contributed by atoms with E-state index in [2.05, 4.69) is 15.2 Å². The summed E-state index contributed by atoms with van der Waals surface area (Å²) in [4.78, 5) is 35.4. The van der Waals surface area contributed by atoms with Crippen molar-refractivity contribution in [1.82, 2.24) is 20.0 Å². The van der Waals surface area contributed by atoms with E-state index >= 15 is 0 Å². The highest BCUT2D eigenvalue weighted by Gasteiger charge is 2.30. The second-order valence-electron chi connectivity index (χ2n) is 9.14. The largest absolute Gasteiger partial charge is 0.444 e. The highest BCUT2D eigenvalue weighted by Crippen LogP contribution is 2.20. The Hall–Kier alpha value is -2.03. The molecule has 2 rings (SSSR count). The van der Waals surface area contributed by atoms with Gasteiger partial charge in [-0.15, -0.1) is 0 Å². The first-order valence-electron chi connectivity index (χ1n) is 11.5. The molecule has 2 aliphatic rings. The van der Waals surface area contributed by atoms with Gasteiger partial charge in [-0.1, -0.05) is 6.92 Å². The van der Waals surface area contributed by atoms with Crippen LogP contribution in [0.5, 0.6) is 0 Å². The molecule has 2 amide bonds. The lowest BCUT2D eigenvalue weighted by Gasteiger charge is -2.37. The molecule has 2 fully saturated rings. The zero-order chi connectivity index (χ0) is 22.9. The van der Waals surface area contributed by atoms with Crippen LogP contribution >= 0.6 is 0 Å². The van der Waals surface area contributed by atoms with Gasteiger partial charge in [-0.3, -0.25) is 9.79 Å². The first-order chi connectivity index (χ1) is 14.7. The molecule has 0 spiro atoms. The molecule has 0 unspecified atom stereocenters. The molecule has 1 N–H and O–H groups in total. The normalized spacial score (nSPS) is 18.7. The van der Waals surface area contributed by atoms with Crippen LogP contribution in [-0.4, -0.2) is 104 Å². The number of likely N-dealkylation sites (tertiary alicyclic amines) is 1. The highest BCUT2D eigenvalue weighted by atomic mass is 16.6. The minimum Gasteiger partial charge on any atom is -0.444 e. The van der Waals surface area contributed by atoms with Crippen molar-refractivity contribution >= 4 is 18.0 Å². The maximum Gasteiger partial charge on any atom is 0.410 e. The van der Waals surface area contributed by atoms with E-state index in [4.69, 9.17) is 9.47 Å². The number of hydrogen-bond acceptors (Lipinski definition) is 5. The Morgan fingerprint density at radius 2 is 1.74 bits per heavy atom. The maximum absolute atomic E-state index is 12.7. The molecule has 9 nitrogen and oxygen atoms in total. The van der Waals surface area contributed by atoms with E-state index in [0.29, 0.717) is 45.9 Å². The van der Waals surface area contributed by atoms with Crippen LogP contribution in [0.1, 0.15) is 47.0 Å². The first kappa shape index (κ1) is 25.2. The number of carbonyl (C=O) groups excluding carboxylic acids is 2. The number of nitrogens with one attached hydrogen (secondary N) is 1. The third-order valence-electron chi connectivity index (χ3n) is 5.49. The zero-order valence-corrected chi connectivity index (χ0v) is 20.0. The third-order valence-corrected chi connectivity index (χ3v) is 5.49. The van der Waals surface area contributed by atoms with E-state index in [-0.39, 0.29) is 17.9 Å². The second kappa shape index (κ2) is 12.1. The average molecular weight is 440 g/mol. The number of ether oxygens (including phenoxy) is 2. The number of piperidine rings is 1. The molecule has 2 heterocycles. The van der Waals surface area contributed by atoms with Gasteiger partial charge in [-0.05, 0) is 40.0 Å². The number of aliphatic imine (C=N–C) groups is 1. The summed E-state index contributed by atoms with van der Waals surface area (Å²) in [6.07, 6.45) is 2.25. The molecule has 178 valence electrons. The van der Waals surface area contributed by atoms with Gasteiger partial charge in [0.15, 0.2) is 5.96 Å². The molecule has 9 heteroatoms. The van der Waals surface area contributed by atoms with Gasteiger partial charge in [0, 0.05) is 58.8 Å². The predicted molar refractivity (Wildman–Crippen MR) is 121 cm³/mol. The van der Waals surface area contributed by atoms with Crippen LogP contribution in [0.2, 0.25) is 0 Å². The van der Waals surface area contributed by atoms with E-state index in [1.807, 2.05) is 32.6 Å². The minimum atomic E-state index is -0.504. The van der Waals surface area contributed by atoms with Crippen LogP contribution < -0.4 is 5.32 Å². The van der Waals surface area contributed by atoms with Crippen LogP contribution in [0, 0.1) is 5.92 Å². The number of guanidine groups is 1. The van der Waals surface area contributed by atoms with Crippen LogP contribution in [-0.2, 0) is 14.3 Å². The highest BCUT2D eigenvalue weighted by molar-refractivity contribution is 5.82. The summed E-state index contributed by atoms with van der Waals surface area (Å²) < 4.78 is 10.9. The van der Waals surface area contributed by atoms with Crippen LogP contribution in [0.4, 0.5) is 4.79 Å². The number of rotatable bonds is 6. The van der Waals surface area contributed by atoms with E-state index in [0.717, 1.165) is 38.3 Å². The second-order valence-corrected chi connectivity index (χ2v) is 9.14. The fraction of sp³-hybridized carbons (Fsp3) is 0.864. The number of hydrogen-bond donors (Lipinski definition) is 1. The minimum absolute atomic E-state index is 0.0830. The van der Waals surface area contributed by atoms with Crippen molar-refractivity contribution in [3.63, 3.8) is 0 Å². The van der Waals surface area contributed by atoms with Crippen LogP contribution in [0.15, 0.2) is 4.99 Å². The molecule has 0 bridgehead atoms. The van der Waals surface area contributed by atoms with Gasteiger partial charge in [0.05, 0.1) is 13.2 Å². The first-order valence-corrected chi connectivity index (χ1v) is 11.5. The summed E-state index contributed by atoms with van der Waals surface area (Å²) in [6, 6.07) is 0. The molecule has 0 aromatic heterocycles. The van der Waals surface area contributed by atoms with Crippen molar-refractivity contribution < 1.29 is 19.1 Å². The molecular formula is C22H41N5O4. The molecular weight excluding hydrogens is 398 g/mol. The monoisotopic (exact) mass is 439 g/mol. The lowest BCUT2D eigenvalue weighted by molar-refractivity contribution is -0.140. The van der Waals surface area contributed by atoms with Crippen molar-refractivity contribution in [2.45, 2.75) is 52.6 Å². The average Bonchev–Trinajstić information content (AvgIpc) is 2.75.